The van der Waals surface area contributed by atoms with Crippen molar-refractivity contribution in [1.29, 1.82) is 0 Å². The highest BCUT2D eigenvalue weighted by Gasteiger charge is 2.15. The molecule has 5 heteroatoms. The van der Waals surface area contributed by atoms with Crippen LogP contribution in [0.1, 0.15) is 0 Å². The van der Waals surface area contributed by atoms with Gasteiger partial charge in [0.2, 0.25) is 5.95 Å². The third kappa shape index (κ3) is 3.10. The Hall–Kier alpha value is -4.35. The van der Waals surface area contributed by atoms with Crippen LogP contribution in [-0.4, -0.2) is 19.5 Å². The maximum atomic E-state index is 4.90. The second-order valence-electron chi connectivity index (χ2n) is 8.21. The van der Waals surface area contributed by atoms with Gasteiger partial charge in [0.25, 0.3) is 0 Å². The van der Waals surface area contributed by atoms with Crippen LogP contribution in [-0.2, 0) is 0 Å². The number of aromatic nitrogens is 4. The predicted octanol–water partition coefficient (Wildman–Crippen LogP) is 7.52. The van der Waals surface area contributed by atoms with Gasteiger partial charge >= 0.3 is 0 Å². The summed E-state index contributed by atoms with van der Waals surface area (Å²) in [5, 5.41) is 3.71. The third-order valence-electron chi connectivity index (χ3n) is 6.09. The topological polar surface area (TPSA) is 43.6 Å². The lowest BCUT2D eigenvalue weighted by Crippen LogP contribution is -2.05. The maximum Gasteiger partial charge on any atom is 0.238 e. The summed E-state index contributed by atoms with van der Waals surface area (Å²) in [5.41, 5.74) is 3.01. The van der Waals surface area contributed by atoms with Crippen molar-refractivity contribution in [2.45, 2.75) is 0 Å². The molecule has 0 radical (unpaired) electrons. The van der Waals surface area contributed by atoms with Crippen molar-refractivity contribution in [2.75, 3.05) is 0 Å². The molecule has 0 aliphatic rings. The second-order valence-corrected chi connectivity index (χ2v) is 9.29. The fourth-order valence-corrected chi connectivity index (χ4v) is 5.57. The Labute approximate surface area is 199 Å². The van der Waals surface area contributed by atoms with Gasteiger partial charge in [-0.1, -0.05) is 78.9 Å². The molecule has 7 aromatic rings. The minimum absolute atomic E-state index is 0.613. The van der Waals surface area contributed by atoms with Gasteiger partial charge in [-0.25, -0.2) is 4.98 Å². The summed E-state index contributed by atoms with van der Waals surface area (Å²) in [6.07, 6.45) is 2.05. The van der Waals surface area contributed by atoms with E-state index in [9.17, 15) is 0 Å². The summed E-state index contributed by atoms with van der Waals surface area (Å²) in [6, 6.07) is 35.4. The molecule has 0 N–H and O–H groups in total. The van der Waals surface area contributed by atoms with Gasteiger partial charge in [0, 0.05) is 42.9 Å². The molecule has 0 unspecified atom stereocenters. The highest BCUT2D eigenvalue weighted by Crippen LogP contribution is 2.37. The normalized spacial score (nSPS) is 11.5. The van der Waals surface area contributed by atoms with Gasteiger partial charge in [0.15, 0.2) is 11.6 Å². The number of benzene rings is 4. The van der Waals surface area contributed by atoms with Crippen molar-refractivity contribution < 1.29 is 0 Å². The lowest BCUT2D eigenvalue weighted by Gasteiger charge is -2.09. The quantitative estimate of drug-likeness (QED) is 0.277. The van der Waals surface area contributed by atoms with E-state index in [0.29, 0.717) is 17.6 Å². The van der Waals surface area contributed by atoms with E-state index in [-0.39, 0.29) is 0 Å². The van der Waals surface area contributed by atoms with Gasteiger partial charge in [0.05, 0.1) is 5.52 Å². The first-order valence-electron chi connectivity index (χ1n) is 11.1. The SMILES string of the molecule is c1ccc(-c2nc(-c3ccccc3)nc(-n3ccc4cc5sc6ccccc6c5cc43)n2)cc1. The monoisotopic (exact) mass is 454 g/mol. The van der Waals surface area contributed by atoms with Crippen molar-refractivity contribution in [2.24, 2.45) is 0 Å². The summed E-state index contributed by atoms with van der Waals surface area (Å²) in [5.74, 6) is 1.93. The maximum absolute atomic E-state index is 4.90. The third-order valence-corrected chi connectivity index (χ3v) is 7.23. The molecule has 160 valence electrons. The van der Waals surface area contributed by atoms with Crippen LogP contribution in [0.15, 0.2) is 109 Å². The minimum atomic E-state index is 0.613. The van der Waals surface area contributed by atoms with Crippen molar-refractivity contribution in [3.8, 4) is 28.7 Å². The molecule has 0 aliphatic heterocycles. The molecule has 0 saturated carbocycles. The lowest BCUT2D eigenvalue weighted by molar-refractivity contribution is 0.934. The lowest BCUT2D eigenvalue weighted by atomic mass is 10.1. The highest BCUT2D eigenvalue weighted by atomic mass is 32.1. The number of fused-ring (bicyclic) bond motifs is 4. The zero-order chi connectivity index (χ0) is 22.5. The molecule has 0 bridgehead atoms. The number of hydrogen-bond acceptors (Lipinski definition) is 4. The van der Waals surface area contributed by atoms with E-state index >= 15 is 0 Å². The van der Waals surface area contributed by atoms with Crippen LogP contribution >= 0.6 is 11.3 Å². The van der Waals surface area contributed by atoms with Crippen LogP contribution in [0.25, 0.3) is 59.8 Å². The molecule has 0 atom stereocenters. The first kappa shape index (κ1) is 19.1. The highest BCUT2D eigenvalue weighted by molar-refractivity contribution is 7.25. The fourth-order valence-electron chi connectivity index (χ4n) is 4.43. The number of nitrogens with zero attached hydrogens (tertiary/aromatic N) is 4. The summed E-state index contributed by atoms with van der Waals surface area (Å²) < 4.78 is 4.66. The van der Waals surface area contributed by atoms with Gasteiger partial charge in [-0.15, -0.1) is 11.3 Å². The fraction of sp³-hybridized carbons (Fsp3) is 0. The molecule has 4 nitrogen and oxygen atoms in total. The average molecular weight is 455 g/mol. The Bertz CT molecular complexity index is 1740. The predicted molar refractivity (Wildman–Crippen MR) is 140 cm³/mol. The molecule has 0 aliphatic carbocycles. The van der Waals surface area contributed by atoms with Gasteiger partial charge < -0.3 is 0 Å². The van der Waals surface area contributed by atoms with Crippen molar-refractivity contribution in [1.82, 2.24) is 19.5 Å². The van der Waals surface area contributed by atoms with Crippen LogP contribution in [0.5, 0.6) is 0 Å². The van der Waals surface area contributed by atoms with Crippen LogP contribution < -0.4 is 0 Å². The standard InChI is InChI=1S/C29H18N4S/c1-3-9-19(10-4-1)27-30-28(20-11-5-2-6-12-20)32-29(31-27)33-16-15-21-17-26-23(18-24(21)33)22-13-7-8-14-25(22)34-26/h1-18H. The Balaban J connectivity index is 1.49. The van der Waals surface area contributed by atoms with Crippen molar-refractivity contribution in [3.05, 3.63) is 109 Å². The molecular formula is C29H18N4S. The molecule has 0 saturated heterocycles. The van der Waals surface area contributed by atoms with E-state index in [1.54, 1.807) is 0 Å². The van der Waals surface area contributed by atoms with E-state index < -0.39 is 0 Å². The van der Waals surface area contributed by atoms with Gasteiger partial charge in [-0.2, -0.15) is 9.97 Å². The van der Waals surface area contributed by atoms with Gasteiger partial charge in [0.1, 0.15) is 0 Å². The molecule has 3 aromatic heterocycles. The molecule has 0 amide bonds. The molecular weight excluding hydrogens is 436 g/mol. The molecule has 7 rings (SSSR count). The number of hydrogen-bond donors (Lipinski definition) is 0. The Morgan fingerprint density at radius 1 is 0.559 bits per heavy atom. The second kappa shape index (κ2) is 7.61. The smallest absolute Gasteiger partial charge is 0.238 e. The van der Waals surface area contributed by atoms with Crippen LogP contribution in [0, 0.1) is 0 Å². The molecule has 34 heavy (non-hydrogen) atoms. The Morgan fingerprint density at radius 2 is 1.21 bits per heavy atom. The summed E-state index contributed by atoms with van der Waals surface area (Å²) in [6.45, 7) is 0. The van der Waals surface area contributed by atoms with Crippen LogP contribution in [0.4, 0.5) is 0 Å². The first-order valence-corrected chi connectivity index (χ1v) is 11.9. The summed E-state index contributed by atoms with van der Waals surface area (Å²) >= 11 is 1.83. The zero-order valence-electron chi connectivity index (χ0n) is 18.1. The van der Waals surface area contributed by atoms with Crippen LogP contribution in [0.2, 0.25) is 0 Å². The van der Waals surface area contributed by atoms with E-state index in [4.69, 9.17) is 15.0 Å². The molecule has 0 fully saturated rings. The Kier molecular flexibility index (Phi) is 4.29. The number of rotatable bonds is 3. The van der Waals surface area contributed by atoms with E-state index in [1.165, 1.54) is 25.6 Å². The molecule has 0 spiro atoms. The number of thiophene rings is 1. The molecule has 3 heterocycles. The summed E-state index contributed by atoms with van der Waals surface area (Å²) in [4.78, 5) is 14.6. The zero-order valence-corrected chi connectivity index (χ0v) is 18.9. The van der Waals surface area contributed by atoms with Crippen molar-refractivity contribution >= 4 is 42.4 Å². The average Bonchev–Trinajstić information content (AvgIpc) is 3.49. The first-order chi connectivity index (χ1) is 16.8. The van der Waals surface area contributed by atoms with Gasteiger partial charge in [-0.3, -0.25) is 4.57 Å². The van der Waals surface area contributed by atoms with Crippen LogP contribution in [0.3, 0.4) is 0 Å². The van der Waals surface area contributed by atoms with Crippen molar-refractivity contribution in [3.63, 3.8) is 0 Å². The van der Waals surface area contributed by atoms with E-state index in [2.05, 4.69) is 53.2 Å². The minimum Gasteiger partial charge on any atom is -0.285 e. The van der Waals surface area contributed by atoms with E-state index in [0.717, 1.165) is 16.6 Å². The largest absolute Gasteiger partial charge is 0.285 e. The Morgan fingerprint density at radius 3 is 1.91 bits per heavy atom. The van der Waals surface area contributed by atoms with E-state index in [1.807, 2.05) is 72.0 Å². The molecule has 4 aromatic carbocycles. The summed E-state index contributed by atoms with van der Waals surface area (Å²) in [7, 11) is 0. The van der Waals surface area contributed by atoms with Gasteiger partial charge in [-0.05, 0) is 24.3 Å².